The van der Waals surface area contributed by atoms with Gasteiger partial charge >= 0.3 is 0 Å². The Morgan fingerprint density at radius 3 is 2.79 bits per heavy atom. The summed E-state index contributed by atoms with van der Waals surface area (Å²) in [5.41, 5.74) is 3.35. The van der Waals surface area contributed by atoms with Gasteiger partial charge in [0.25, 0.3) is 0 Å². The first-order valence-corrected chi connectivity index (χ1v) is 7.10. The Labute approximate surface area is 119 Å². The van der Waals surface area contributed by atoms with Crippen molar-refractivity contribution in [2.45, 2.75) is 39.9 Å². The zero-order valence-corrected chi connectivity index (χ0v) is 12.5. The fourth-order valence-electron chi connectivity index (χ4n) is 2.24. The standard InChI is InChI=1S/C14H21ClN4/c1-4-12-14(15)13(19(5-2)17-12)10-18-7-6-11(9-18)8-16-3/h6-7,9,16H,4-5,8,10H2,1-3H3. The van der Waals surface area contributed by atoms with Crippen LogP contribution in [0.2, 0.25) is 5.02 Å². The fourth-order valence-corrected chi connectivity index (χ4v) is 2.57. The van der Waals surface area contributed by atoms with E-state index < -0.39 is 0 Å². The van der Waals surface area contributed by atoms with E-state index in [1.54, 1.807) is 0 Å². The SMILES string of the molecule is CCc1nn(CC)c(Cn2ccc(CNC)c2)c1Cl. The number of hydrogen-bond acceptors (Lipinski definition) is 2. The lowest BCUT2D eigenvalue weighted by Gasteiger charge is -2.06. The lowest BCUT2D eigenvalue weighted by Crippen LogP contribution is -2.07. The van der Waals surface area contributed by atoms with Crippen LogP contribution < -0.4 is 5.32 Å². The van der Waals surface area contributed by atoms with Crippen LogP contribution in [0, 0.1) is 0 Å². The zero-order valence-electron chi connectivity index (χ0n) is 11.8. The smallest absolute Gasteiger partial charge is 0.0868 e. The maximum atomic E-state index is 6.42. The summed E-state index contributed by atoms with van der Waals surface area (Å²) in [4.78, 5) is 0. The average Bonchev–Trinajstić information content (AvgIpc) is 2.97. The van der Waals surface area contributed by atoms with Gasteiger partial charge in [-0.05, 0) is 32.0 Å². The van der Waals surface area contributed by atoms with Gasteiger partial charge in [0.15, 0.2) is 0 Å². The van der Waals surface area contributed by atoms with E-state index in [4.69, 9.17) is 11.6 Å². The van der Waals surface area contributed by atoms with Crippen LogP contribution in [0.3, 0.4) is 0 Å². The van der Waals surface area contributed by atoms with E-state index in [2.05, 4.69) is 47.3 Å². The van der Waals surface area contributed by atoms with E-state index in [-0.39, 0.29) is 0 Å². The van der Waals surface area contributed by atoms with E-state index in [0.717, 1.165) is 42.5 Å². The molecule has 4 nitrogen and oxygen atoms in total. The molecular formula is C14H21ClN4. The molecule has 0 atom stereocenters. The van der Waals surface area contributed by atoms with Crippen LogP contribution in [0.15, 0.2) is 18.5 Å². The Hall–Kier alpha value is -1.26. The third-order valence-corrected chi connectivity index (χ3v) is 3.66. The number of rotatable bonds is 6. The van der Waals surface area contributed by atoms with Crippen molar-refractivity contribution in [2.24, 2.45) is 0 Å². The second kappa shape index (κ2) is 6.26. The van der Waals surface area contributed by atoms with E-state index in [1.807, 2.05) is 11.7 Å². The highest BCUT2D eigenvalue weighted by molar-refractivity contribution is 6.31. The molecule has 0 aliphatic heterocycles. The molecule has 2 rings (SSSR count). The van der Waals surface area contributed by atoms with Gasteiger partial charge in [0.1, 0.15) is 0 Å². The van der Waals surface area contributed by atoms with Crippen molar-refractivity contribution in [1.82, 2.24) is 19.7 Å². The van der Waals surface area contributed by atoms with E-state index in [0.29, 0.717) is 0 Å². The van der Waals surface area contributed by atoms with E-state index in [1.165, 1.54) is 5.56 Å². The van der Waals surface area contributed by atoms with E-state index >= 15 is 0 Å². The summed E-state index contributed by atoms with van der Waals surface area (Å²) in [5.74, 6) is 0. The number of hydrogen-bond donors (Lipinski definition) is 1. The third-order valence-electron chi connectivity index (χ3n) is 3.22. The molecule has 0 aliphatic rings. The minimum absolute atomic E-state index is 0.767. The number of aryl methyl sites for hydroxylation is 2. The van der Waals surface area contributed by atoms with Gasteiger partial charge in [-0.15, -0.1) is 0 Å². The van der Waals surface area contributed by atoms with Gasteiger partial charge in [0, 0.05) is 25.5 Å². The van der Waals surface area contributed by atoms with E-state index in [9.17, 15) is 0 Å². The summed E-state index contributed by atoms with van der Waals surface area (Å²) in [6, 6.07) is 2.12. The van der Waals surface area contributed by atoms with Crippen LogP contribution in [0.1, 0.15) is 30.8 Å². The van der Waals surface area contributed by atoms with Crippen LogP contribution in [0.4, 0.5) is 0 Å². The van der Waals surface area contributed by atoms with Gasteiger partial charge in [0.05, 0.1) is 23.0 Å². The number of nitrogens with zero attached hydrogens (tertiary/aromatic N) is 3. The summed E-state index contributed by atoms with van der Waals surface area (Å²) in [6.07, 6.45) is 5.10. The largest absolute Gasteiger partial charge is 0.348 e. The molecule has 0 radical (unpaired) electrons. The van der Waals surface area contributed by atoms with Crippen molar-refractivity contribution < 1.29 is 0 Å². The normalized spacial score (nSPS) is 11.2. The first kappa shape index (κ1) is 14.2. The van der Waals surface area contributed by atoms with Gasteiger partial charge < -0.3 is 9.88 Å². The maximum Gasteiger partial charge on any atom is 0.0868 e. The van der Waals surface area contributed by atoms with Gasteiger partial charge in [-0.3, -0.25) is 4.68 Å². The molecule has 0 aliphatic carbocycles. The number of nitrogens with one attached hydrogen (secondary N) is 1. The highest BCUT2D eigenvalue weighted by atomic mass is 35.5. The first-order chi connectivity index (χ1) is 9.19. The summed E-state index contributed by atoms with van der Waals surface area (Å²) in [7, 11) is 1.95. The Morgan fingerprint density at radius 2 is 2.16 bits per heavy atom. The maximum absolute atomic E-state index is 6.42. The Balaban J connectivity index is 2.23. The lowest BCUT2D eigenvalue weighted by molar-refractivity contribution is 0.595. The molecular weight excluding hydrogens is 260 g/mol. The molecule has 0 aromatic carbocycles. The van der Waals surface area contributed by atoms with Crippen LogP contribution in [0.25, 0.3) is 0 Å². The summed E-state index contributed by atoms with van der Waals surface area (Å²) in [6.45, 7) is 6.67. The Morgan fingerprint density at radius 1 is 1.37 bits per heavy atom. The van der Waals surface area contributed by atoms with Gasteiger partial charge in [0.2, 0.25) is 0 Å². The molecule has 0 saturated carbocycles. The molecule has 0 spiro atoms. The predicted octanol–water partition coefficient (Wildman–Crippen LogP) is 2.69. The third kappa shape index (κ3) is 3.01. The summed E-state index contributed by atoms with van der Waals surface area (Å²) in [5, 5.41) is 8.51. The first-order valence-electron chi connectivity index (χ1n) is 6.72. The molecule has 19 heavy (non-hydrogen) atoms. The minimum Gasteiger partial charge on any atom is -0.348 e. The number of halogens is 1. The molecule has 104 valence electrons. The van der Waals surface area contributed by atoms with Gasteiger partial charge in [-0.25, -0.2) is 0 Å². The topological polar surface area (TPSA) is 34.8 Å². The highest BCUT2D eigenvalue weighted by Gasteiger charge is 2.14. The van der Waals surface area contributed by atoms with Crippen LogP contribution in [0.5, 0.6) is 0 Å². The second-order valence-corrected chi connectivity index (χ2v) is 4.98. The second-order valence-electron chi connectivity index (χ2n) is 4.60. The van der Waals surface area contributed by atoms with Crippen molar-refractivity contribution in [3.63, 3.8) is 0 Å². The van der Waals surface area contributed by atoms with Gasteiger partial charge in [-0.2, -0.15) is 5.10 Å². The fraction of sp³-hybridized carbons (Fsp3) is 0.500. The van der Waals surface area contributed by atoms with Crippen molar-refractivity contribution in [3.05, 3.63) is 40.4 Å². The molecule has 5 heteroatoms. The molecule has 2 aromatic rings. The molecule has 0 amide bonds. The molecule has 2 aromatic heterocycles. The molecule has 0 unspecified atom stereocenters. The molecule has 0 fully saturated rings. The van der Waals surface area contributed by atoms with Crippen LogP contribution >= 0.6 is 11.6 Å². The minimum atomic E-state index is 0.767. The van der Waals surface area contributed by atoms with Crippen molar-refractivity contribution in [1.29, 1.82) is 0 Å². The molecule has 0 saturated heterocycles. The Bertz CT molecular complexity index is 542. The predicted molar refractivity (Wildman–Crippen MR) is 78.6 cm³/mol. The summed E-state index contributed by atoms with van der Waals surface area (Å²) >= 11 is 6.42. The van der Waals surface area contributed by atoms with Crippen LogP contribution in [-0.2, 0) is 26.1 Å². The summed E-state index contributed by atoms with van der Waals surface area (Å²) < 4.78 is 4.15. The van der Waals surface area contributed by atoms with Crippen molar-refractivity contribution in [3.8, 4) is 0 Å². The lowest BCUT2D eigenvalue weighted by atomic mass is 10.3. The van der Waals surface area contributed by atoms with Crippen LogP contribution in [-0.4, -0.2) is 21.4 Å². The van der Waals surface area contributed by atoms with Crippen molar-refractivity contribution >= 4 is 11.6 Å². The highest BCUT2D eigenvalue weighted by Crippen LogP contribution is 2.22. The monoisotopic (exact) mass is 280 g/mol. The quantitative estimate of drug-likeness (QED) is 0.883. The average molecular weight is 281 g/mol. The molecule has 0 bridgehead atoms. The molecule has 2 heterocycles. The van der Waals surface area contributed by atoms with Gasteiger partial charge in [-0.1, -0.05) is 18.5 Å². The van der Waals surface area contributed by atoms with Crippen molar-refractivity contribution in [2.75, 3.05) is 7.05 Å². The zero-order chi connectivity index (χ0) is 13.8. The Kier molecular flexibility index (Phi) is 4.66. The molecule has 1 N–H and O–H groups in total. The number of aromatic nitrogens is 3.